The maximum absolute atomic E-state index is 12.2. The van der Waals surface area contributed by atoms with Crippen molar-refractivity contribution < 1.29 is 24.1 Å². The van der Waals surface area contributed by atoms with Gasteiger partial charge in [-0.15, -0.1) is 0 Å². The minimum Gasteiger partial charge on any atom is -0.507 e. The van der Waals surface area contributed by atoms with E-state index in [1.165, 1.54) is 12.3 Å². The molecular formula is C23H21NO5. The fourth-order valence-corrected chi connectivity index (χ4v) is 2.57. The van der Waals surface area contributed by atoms with Crippen LogP contribution in [0.25, 0.3) is 0 Å². The number of aromatic hydroxyl groups is 1. The standard InChI is InChI=1S/C23H21NO5/c1-3-28-22-7-5-4-6-20(22)24-15-17-10-13-19(14-21(17)25)29-23(26)16-8-11-18(27-2)12-9-16/h4-15,25H,3H2,1-2H3. The molecule has 148 valence electrons. The van der Waals surface area contributed by atoms with Crippen molar-refractivity contribution in [3.8, 4) is 23.0 Å². The van der Waals surface area contributed by atoms with Crippen LogP contribution in [0.15, 0.2) is 71.7 Å². The molecule has 0 amide bonds. The average molecular weight is 391 g/mol. The summed E-state index contributed by atoms with van der Waals surface area (Å²) >= 11 is 0. The van der Waals surface area contributed by atoms with Gasteiger partial charge in [-0.2, -0.15) is 0 Å². The number of ether oxygens (including phenoxy) is 3. The van der Waals surface area contributed by atoms with E-state index in [0.29, 0.717) is 34.9 Å². The van der Waals surface area contributed by atoms with E-state index in [9.17, 15) is 9.90 Å². The number of nitrogens with zero attached hydrogens (tertiary/aromatic N) is 1. The van der Waals surface area contributed by atoms with Crippen LogP contribution in [0.5, 0.6) is 23.0 Å². The number of carbonyl (C=O) groups is 1. The lowest BCUT2D eigenvalue weighted by molar-refractivity contribution is 0.0734. The molecule has 0 unspecified atom stereocenters. The molecule has 3 aromatic rings. The van der Waals surface area contributed by atoms with Crippen LogP contribution in [0.2, 0.25) is 0 Å². The molecule has 0 saturated carbocycles. The lowest BCUT2D eigenvalue weighted by atomic mass is 10.2. The van der Waals surface area contributed by atoms with Crippen molar-refractivity contribution in [2.24, 2.45) is 4.99 Å². The molecule has 0 fully saturated rings. The van der Waals surface area contributed by atoms with E-state index in [1.807, 2.05) is 31.2 Å². The normalized spacial score (nSPS) is 10.7. The molecule has 0 heterocycles. The molecule has 0 bridgehead atoms. The summed E-state index contributed by atoms with van der Waals surface area (Å²) in [6.07, 6.45) is 1.53. The minimum atomic E-state index is -0.529. The van der Waals surface area contributed by atoms with Gasteiger partial charge < -0.3 is 19.3 Å². The number of benzene rings is 3. The summed E-state index contributed by atoms with van der Waals surface area (Å²) in [5.41, 5.74) is 1.52. The molecular weight excluding hydrogens is 370 g/mol. The number of esters is 1. The third-order valence-corrected chi connectivity index (χ3v) is 4.05. The monoisotopic (exact) mass is 391 g/mol. The Morgan fingerprint density at radius 3 is 2.45 bits per heavy atom. The predicted octanol–water partition coefficient (Wildman–Crippen LogP) is 4.77. The Kier molecular flexibility index (Phi) is 6.47. The van der Waals surface area contributed by atoms with Crippen molar-refractivity contribution in [1.29, 1.82) is 0 Å². The second-order valence-electron chi connectivity index (χ2n) is 6.00. The van der Waals surface area contributed by atoms with Crippen LogP contribution in [-0.2, 0) is 0 Å². The molecule has 3 aromatic carbocycles. The van der Waals surface area contributed by atoms with Crippen molar-refractivity contribution in [3.05, 3.63) is 77.9 Å². The van der Waals surface area contributed by atoms with E-state index in [0.717, 1.165) is 0 Å². The Labute approximate surface area is 169 Å². The number of carbonyl (C=O) groups excluding carboxylic acids is 1. The molecule has 0 saturated heterocycles. The minimum absolute atomic E-state index is 0.0531. The summed E-state index contributed by atoms with van der Waals surface area (Å²) in [5, 5.41) is 10.3. The van der Waals surface area contributed by atoms with Gasteiger partial charge in [-0.25, -0.2) is 4.79 Å². The van der Waals surface area contributed by atoms with E-state index in [-0.39, 0.29) is 11.5 Å². The third kappa shape index (κ3) is 5.13. The predicted molar refractivity (Wildman–Crippen MR) is 111 cm³/mol. The molecule has 0 atom stereocenters. The van der Waals surface area contributed by atoms with Crippen molar-refractivity contribution in [3.63, 3.8) is 0 Å². The number of hydrogen-bond donors (Lipinski definition) is 1. The number of hydrogen-bond acceptors (Lipinski definition) is 6. The second-order valence-corrected chi connectivity index (χ2v) is 6.00. The van der Waals surface area contributed by atoms with Crippen LogP contribution in [-0.4, -0.2) is 31.0 Å². The maximum Gasteiger partial charge on any atom is 0.343 e. The van der Waals surface area contributed by atoms with Gasteiger partial charge in [0, 0.05) is 17.8 Å². The summed E-state index contributed by atoms with van der Waals surface area (Å²) < 4.78 is 15.9. The van der Waals surface area contributed by atoms with Gasteiger partial charge in [-0.1, -0.05) is 12.1 Å². The molecule has 1 N–H and O–H groups in total. The molecule has 3 rings (SSSR count). The van der Waals surface area contributed by atoms with Gasteiger partial charge in [-0.05, 0) is 55.5 Å². The lowest BCUT2D eigenvalue weighted by Crippen LogP contribution is -2.08. The molecule has 0 aliphatic rings. The van der Waals surface area contributed by atoms with E-state index in [4.69, 9.17) is 14.2 Å². The molecule has 6 nitrogen and oxygen atoms in total. The zero-order valence-corrected chi connectivity index (χ0v) is 16.2. The lowest BCUT2D eigenvalue weighted by Gasteiger charge is -2.07. The Bertz CT molecular complexity index is 1010. The first-order valence-corrected chi connectivity index (χ1v) is 9.06. The summed E-state index contributed by atoms with van der Waals surface area (Å²) in [4.78, 5) is 16.6. The Morgan fingerprint density at radius 1 is 1.03 bits per heavy atom. The maximum atomic E-state index is 12.2. The Morgan fingerprint density at radius 2 is 1.76 bits per heavy atom. The van der Waals surface area contributed by atoms with E-state index < -0.39 is 5.97 Å². The van der Waals surface area contributed by atoms with Gasteiger partial charge in [0.15, 0.2) is 0 Å². The van der Waals surface area contributed by atoms with Crippen molar-refractivity contribution in [1.82, 2.24) is 0 Å². The highest BCUT2D eigenvalue weighted by atomic mass is 16.5. The number of aliphatic imine (C=N–C) groups is 1. The van der Waals surface area contributed by atoms with Crippen LogP contribution < -0.4 is 14.2 Å². The average Bonchev–Trinajstić information content (AvgIpc) is 2.74. The van der Waals surface area contributed by atoms with Crippen LogP contribution in [0.4, 0.5) is 5.69 Å². The van der Waals surface area contributed by atoms with Crippen LogP contribution in [0.1, 0.15) is 22.8 Å². The number of methoxy groups -OCH3 is 1. The summed E-state index contributed by atoms with van der Waals surface area (Å²) in [5.74, 6) is 0.960. The molecule has 6 heteroatoms. The molecule has 0 aromatic heterocycles. The highest BCUT2D eigenvalue weighted by Gasteiger charge is 2.10. The molecule has 0 spiro atoms. The van der Waals surface area contributed by atoms with Crippen LogP contribution in [0.3, 0.4) is 0 Å². The Balaban J connectivity index is 1.72. The van der Waals surface area contributed by atoms with Crippen molar-refractivity contribution >= 4 is 17.9 Å². The smallest absolute Gasteiger partial charge is 0.343 e. The van der Waals surface area contributed by atoms with Gasteiger partial charge >= 0.3 is 5.97 Å². The van der Waals surface area contributed by atoms with Gasteiger partial charge in [0.05, 0.1) is 19.3 Å². The largest absolute Gasteiger partial charge is 0.507 e. The SMILES string of the molecule is CCOc1ccccc1N=Cc1ccc(OC(=O)c2ccc(OC)cc2)cc1O. The Hall–Kier alpha value is -3.80. The first kappa shape index (κ1) is 19.9. The third-order valence-electron chi connectivity index (χ3n) is 4.05. The second kappa shape index (κ2) is 9.41. The van der Waals surface area contributed by atoms with Crippen molar-refractivity contribution in [2.75, 3.05) is 13.7 Å². The van der Waals surface area contributed by atoms with Crippen molar-refractivity contribution in [2.45, 2.75) is 6.92 Å². The topological polar surface area (TPSA) is 77.4 Å². The molecule has 0 aliphatic heterocycles. The highest BCUT2D eigenvalue weighted by Crippen LogP contribution is 2.28. The number of para-hydroxylation sites is 2. The fourth-order valence-electron chi connectivity index (χ4n) is 2.57. The van der Waals surface area contributed by atoms with Gasteiger partial charge in [0.2, 0.25) is 0 Å². The molecule has 0 radical (unpaired) electrons. The van der Waals surface area contributed by atoms with Gasteiger partial charge in [0.25, 0.3) is 0 Å². The van der Waals surface area contributed by atoms with Crippen LogP contribution >= 0.6 is 0 Å². The van der Waals surface area contributed by atoms with Gasteiger partial charge in [0.1, 0.15) is 28.7 Å². The zero-order valence-electron chi connectivity index (χ0n) is 16.2. The molecule has 29 heavy (non-hydrogen) atoms. The van der Waals surface area contributed by atoms with Crippen LogP contribution in [0, 0.1) is 0 Å². The number of rotatable bonds is 7. The number of phenols is 1. The zero-order chi connectivity index (χ0) is 20.6. The summed E-state index contributed by atoms with van der Waals surface area (Å²) in [6.45, 7) is 2.43. The first-order chi connectivity index (χ1) is 14.1. The summed E-state index contributed by atoms with van der Waals surface area (Å²) in [6, 6.07) is 18.5. The first-order valence-electron chi connectivity index (χ1n) is 9.06. The fraction of sp³-hybridized carbons (Fsp3) is 0.130. The molecule has 0 aliphatic carbocycles. The highest BCUT2D eigenvalue weighted by molar-refractivity contribution is 5.91. The van der Waals surface area contributed by atoms with E-state index >= 15 is 0 Å². The van der Waals surface area contributed by atoms with E-state index in [1.54, 1.807) is 43.5 Å². The quantitative estimate of drug-likeness (QED) is 0.357. The summed E-state index contributed by atoms with van der Waals surface area (Å²) in [7, 11) is 1.55. The van der Waals surface area contributed by atoms with E-state index in [2.05, 4.69) is 4.99 Å². The number of phenolic OH excluding ortho intramolecular Hbond substituents is 1. The van der Waals surface area contributed by atoms with Gasteiger partial charge in [-0.3, -0.25) is 4.99 Å².